The van der Waals surface area contributed by atoms with Gasteiger partial charge in [0.1, 0.15) is 5.82 Å². The van der Waals surface area contributed by atoms with Gasteiger partial charge >= 0.3 is 0 Å². The van der Waals surface area contributed by atoms with Crippen molar-refractivity contribution in [2.75, 3.05) is 5.32 Å². The minimum Gasteiger partial charge on any atom is -0.380 e. The van der Waals surface area contributed by atoms with Crippen molar-refractivity contribution in [2.24, 2.45) is 0 Å². The lowest BCUT2D eigenvalue weighted by molar-refractivity contribution is 0.622. The van der Waals surface area contributed by atoms with E-state index in [9.17, 15) is 4.39 Å². The Labute approximate surface area is 95.4 Å². The van der Waals surface area contributed by atoms with E-state index in [1.54, 1.807) is 12.1 Å². The number of benzene rings is 1. The van der Waals surface area contributed by atoms with E-state index in [1.165, 1.54) is 6.07 Å². The second kappa shape index (κ2) is 5.92. The monoisotopic (exact) mass is 218 g/mol. The average molecular weight is 218 g/mol. The molecule has 0 aliphatic heterocycles. The van der Waals surface area contributed by atoms with Gasteiger partial charge in [-0.25, -0.2) is 4.39 Å². The highest BCUT2D eigenvalue weighted by atomic mass is 19.1. The van der Waals surface area contributed by atoms with Crippen LogP contribution in [0.15, 0.2) is 30.9 Å². The van der Waals surface area contributed by atoms with Crippen LogP contribution in [-0.2, 0) is 0 Å². The van der Waals surface area contributed by atoms with Gasteiger partial charge in [0.15, 0.2) is 0 Å². The average Bonchev–Trinajstić information content (AvgIpc) is 2.29. The molecule has 2 nitrogen and oxygen atoms in total. The molecule has 0 heterocycles. The smallest absolute Gasteiger partial charge is 0.147 e. The predicted molar refractivity (Wildman–Crippen MR) is 63.6 cm³/mol. The summed E-state index contributed by atoms with van der Waals surface area (Å²) in [5.74, 6) is -0.385. The number of halogens is 1. The number of nitrogens with one attached hydrogen (secondary N) is 1. The molecular weight excluding hydrogens is 203 g/mol. The van der Waals surface area contributed by atoms with Crippen molar-refractivity contribution >= 4 is 5.69 Å². The van der Waals surface area contributed by atoms with Crippen molar-refractivity contribution in [1.29, 1.82) is 5.26 Å². The number of rotatable bonds is 5. The van der Waals surface area contributed by atoms with Crippen LogP contribution < -0.4 is 5.32 Å². The summed E-state index contributed by atoms with van der Waals surface area (Å²) in [6, 6.07) is 6.52. The van der Waals surface area contributed by atoms with Crippen molar-refractivity contribution in [3.05, 3.63) is 42.2 Å². The van der Waals surface area contributed by atoms with E-state index in [1.807, 2.05) is 19.1 Å². The number of nitrogens with zero attached hydrogens (tertiary/aromatic N) is 1. The maximum absolute atomic E-state index is 13.5. The van der Waals surface area contributed by atoms with E-state index in [0.717, 1.165) is 12.8 Å². The SMILES string of the molecule is C=CCCC(C)Nc1ccc(C#N)cc1F. The summed E-state index contributed by atoms with van der Waals surface area (Å²) in [6.07, 6.45) is 3.64. The minimum absolute atomic E-state index is 0.181. The molecule has 0 fully saturated rings. The fourth-order valence-corrected chi connectivity index (χ4v) is 1.41. The number of anilines is 1. The van der Waals surface area contributed by atoms with Gasteiger partial charge in [0, 0.05) is 6.04 Å². The molecule has 0 bridgehead atoms. The van der Waals surface area contributed by atoms with Gasteiger partial charge in [-0.2, -0.15) is 5.26 Å². The van der Waals surface area contributed by atoms with Crippen LogP contribution in [0, 0.1) is 17.1 Å². The van der Waals surface area contributed by atoms with Crippen molar-refractivity contribution in [1.82, 2.24) is 0 Å². The third-order valence-electron chi connectivity index (χ3n) is 2.30. The molecule has 3 heteroatoms. The van der Waals surface area contributed by atoms with Gasteiger partial charge < -0.3 is 5.32 Å². The first kappa shape index (κ1) is 12.3. The van der Waals surface area contributed by atoms with Crippen LogP contribution in [0.3, 0.4) is 0 Å². The van der Waals surface area contributed by atoms with E-state index in [0.29, 0.717) is 11.3 Å². The Balaban J connectivity index is 2.67. The van der Waals surface area contributed by atoms with Crippen molar-refractivity contribution in [3.8, 4) is 6.07 Å². The van der Waals surface area contributed by atoms with Crippen LogP contribution in [0.5, 0.6) is 0 Å². The normalized spacial score (nSPS) is 11.6. The standard InChI is InChI=1S/C13H15FN2/c1-3-4-5-10(2)16-13-7-6-11(9-15)8-12(13)14/h3,6-8,10,16H,1,4-5H2,2H3. The van der Waals surface area contributed by atoms with Gasteiger partial charge in [-0.15, -0.1) is 6.58 Å². The first-order valence-electron chi connectivity index (χ1n) is 5.24. The lowest BCUT2D eigenvalue weighted by Crippen LogP contribution is -2.15. The van der Waals surface area contributed by atoms with Crippen LogP contribution in [0.25, 0.3) is 0 Å². The lowest BCUT2D eigenvalue weighted by atomic mass is 10.1. The van der Waals surface area contributed by atoms with Crippen LogP contribution >= 0.6 is 0 Å². The fraction of sp³-hybridized carbons (Fsp3) is 0.308. The van der Waals surface area contributed by atoms with Crippen LogP contribution in [0.2, 0.25) is 0 Å². The number of hydrogen-bond donors (Lipinski definition) is 1. The Morgan fingerprint density at radius 1 is 1.62 bits per heavy atom. The highest BCUT2D eigenvalue weighted by Crippen LogP contribution is 2.17. The summed E-state index contributed by atoms with van der Waals surface area (Å²) in [6.45, 7) is 5.63. The lowest BCUT2D eigenvalue weighted by Gasteiger charge is -2.14. The molecule has 1 aromatic carbocycles. The molecule has 0 aliphatic rings. The fourth-order valence-electron chi connectivity index (χ4n) is 1.41. The second-order valence-corrected chi connectivity index (χ2v) is 3.72. The Kier molecular flexibility index (Phi) is 4.53. The predicted octanol–water partition coefficient (Wildman–Crippen LogP) is 3.46. The summed E-state index contributed by atoms with van der Waals surface area (Å²) >= 11 is 0. The number of hydrogen-bond acceptors (Lipinski definition) is 2. The molecule has 0 saturated heterocycles. The largest absolute Gasteiger partial charge is 0.380 e. The van der Waals surface area contributed by atoms with E-state index in [4.69, 9.17) is 5.26 Å². The highest BCUT2D eigenvalue weighted by Gasteiger charge is 2.06. The Morgan fingerprint density at radius 3 is 2.94 bits per heavy atom. The summed E-state index contributed by atoms with van der Waals surface area (Å²) < 4.78 is 13.5. The van der Waals surface area contributed by atoms with E-state index >= 15 is 0 Å². The third-order valence-corrected chi connectivity index (χ3v) is 2.30. The van der Waals surface area contributed by atoms with Crippen molar-refractivity contribution in [3.63, 3.8) is 0 Å². The summed E-state index contributed by atoms with van der Waals surface area (Å²) in [5, 5.41) is 11.7. The zero-order valence-corrected chi connectivity index (χ0v) is 9.33. The molecule has 84 valence electrons. The Hall–Kier alpha value is -1.82. The highest BCUT2D eigenvalue weighted by molar-refractivity contribution is 5.49. The molecular formula is C13H15FN2. The topological polar surface area (TPSA) is 35.8 Å². The number of allylic oxidation sites excluding steroid dienone is 1. The zero-order valence-electron chi connectivity index (χ0n) is 9.33. The van der Waals surface area contributed by atoms with Crippen LogP contribution in [-0.4, -0.2) is 6.04 Å². The van der Waals surface area contributed by atoms with Gasteiger partial charge in [-0.3, -0.25) is 0 Å². The summed E-state index contributed by atoms with van der Waals surface area (Å²) in [5.41, 5.74) is 0.775. The van der Waals surface area contributed by atoms with E-state index < -0.39 is 0 Å². The molecule has 0 radical (unpaired) electrons. The third kappa shape index (κ3) is 3.39. The van der Waals surface area contributed by atoms with Gasteiger partial charge in [0.2, 0.25) is 0 Å². The first-order chi connectivity index (χ1) is 7.67. The van der Waals surface area contributed by atoms with Gasteiger partial charge in [-0.05, 0) is 38.0 Å². The van der Waals surface area contributed by atoms with Crippen molar-refractivity contribution < 1.29 is 4.39 Å². The summed E-state index contributed by atoms with van der Waals surface area (Å²) in [4.78, 5) is 0. The van der Waals surface area contributed by atoms with Crippen LogP contribution in [0.4, 0.5) is 10.1 Å². The van der Waals surface area contributed by atoms with Crippen LogP contribution in [0.1, 0.15) is 25.3 Å². The van der Waals surface area contributed by atoms with Gasteiger partial charge in [-0.1, -0.05) is 6.08 Å². The second-order valence-electron chi connectivity index (χ2n) is 3.72. The summed E-state index contributed by atoms with van der Waals surface area (Å²) in [7, 11) is 0. The van der Waals surface area contributed by atoms with Crippen molar-refractivity contribution in [2.45, 2.75) is 25.8 Å². The van der Waals surface area contributed by atoms with E-state index in [-0.39, 0.29) is 11.9 Å². The molecule has 0 aliphatic carbocycles. The molecule has 1 atom stereocenters. The van der Waals surface area contributed by atoms with E-state index in [2.05, 4.69) is 11.9 Å². The molecule has 0 aromatic heterocycles. The Bertz CT molecular complexity index is 407. The maximum atomic E-state index is 13.5. The quantitative estimate of drug-likeness (QED) is 0.768. The molecule has 1 aromatic rings. The Morgan fingerprint density at radius 2 is 2.38 bits per heavy atom. The number of nitriles is 1. The minimum atomic E-state index is -0.385. The maximum Gasteiger partial charge on any atom is 0.147 e. The molecule has 1 unspecified atom stereocenters. The molecule has 16 heavy (non-hydrogen) atoms. The molecule has 0 saturated carbocycles. The zero-order chi connectivity index (χ0) is 12.0. The van der Waals surface area contributed by atoms with Gasteiger partial charge in [0.05, 0.1) is 17.3 Å². The van der Waals surface area contributed by atoms with Gasteiger partial charge in [0.25, 0.3) is 0 Å². The first-order valence-corrected chi connectivity index (χ1v) is 5.24. The molecule has 0 amide bonds. The molecule has 0 spiro atoms. The molecule has 1 N–H and O–H groups in total. The molecule has 1 rings (SSSR count).